The summed E-state index contributed by atoms with van der Waals surface area (Å²) in [5.74, 6) is 0.939. The number of benzene rings is 2. The zero-order valence-electron chi connectivity index (χ0n) is 10.2. The monoisotopic (exact) mass is 238 g/mol. The highest BCUT2D eigenvalue weighted by Crippen LogP contribution is 2.37. The summed E-state index contributed by atoms with van der Waals surface area (Å²) in [4.78, 5) is 12.4. The molecule has 1 aliphatic rings. The SMILES string of the molecule is COc1cccc(C(=O)C2Cc3ccccc32)c1. The lowest BCUT2D eigenvalue weighted by Crippen LogP contribution is -2.25. The van der Waals surface area contributed by atoms with Crippen LogP contribution in [0.25, 0.3) is 0 Å². The van der Waals surface area contributed by atoms with Crippen molar-refractivity contribution in [2.75, 3.05) is 7.11 Å². The third-order valence-electron chi connectivity index (χ3n) is 3.53. The smallest absolute Gasteiger partial charge is 0.170 e. The Morgan fingerprint density at radius 2 is 2.00 bits per heavy atom. The Balaban J connectivity index is 1.89. The van der Waals surface area contributed by atoms with Gasteiger partial charge in [-0.2, -0.15) is 0 Å². The highest BCUT2D eigenvalue weighted by atomic mass is 16.5. The molecule has 0 saturated carbocycles. The Kier molecular flexibility index (Phi) is 2.63. The number of methoxy groups -OCH3 is 1. The van der Waals surface area contributed by atoms with E-state index in [1.165, 1.54) is 11.1 Å². The molecular formula is C16H14O2. The van der Waals surface area contributed by atoms with Gasteiger partial charge in [-0.3, -0.25) is 4.79 Å². The van der Waals surface area contributed by atoms with E-state index < -0.39 is 0 Å². The normalized spacial score (nSPS) is 16.6. The second-order valence-electron chi connectivity index (χ2n) is 4.55. The molecule has 0 aliphatic heterocycles. The van der Waals surface area contributed by atoms with Crippen LogP contribution in [0, 0.1) is 0 Å². The first-order chi connectivity index (χ1) is 8.79. The number of hydrogen-bond acceptors (Lipinski definition) is 2. The van der Waals surface area contributed by atoms with E-state index in [1.54, 1.807) is 7.11 Å². The van der Waals surface area contributed by atoms with Crippen molar-refractivity contribution in [3.8, 4) is 5.75 Å². The second-order valence-corrected chi connectivity index (χ2v) is 4.55. The number of hydrogen-bond donors (Lipinski definition) is 0. The van der Waals surface area contributed by atoms with Gasteiger partial charge < -0.3 is 4.74 Å². The molecule has 0 amide bonds. The zero-order valence-corrected chi connectivity index (χ0v) is 10.2. The van der Waals surface area contributed by atoms with Crippen LogP contribution in [-0.2, 0) is 6.42 Å². The van der Waals surface area contributed by atoms with Gasteiger partial charge in [-0.15, -0.1) is 0 Å². The molecule has 2 aromatic carbocycles. The first-order valence-corrected chi connectivity index (χ1v) is 6.05. The van der Waals surface area contributed by atoms with Crippen molar-refractivity contribution in [3.63, 3.8) is 0 Å². The fourth-order valence-corrected chi connectivity index (χ4v) is 2.47. The summed E-state index contributed by atoms with van der Waals surface area (Å²) in [5.41, 5.74) is 3.19. The minimum atomic E-state index is 0.0216. The molecule has 18 heavy (non-hydrogen) atoms. The molecule has 1 unspecified atom stereocenters. The summed E-state index contributed by atoms with van der Waals surface area (Å²) in [6.07, 6.45) is 0.853. The quantitative estimate of drug-likeness (QED) is 0.767. The van der Waals surface area contributed by atoms with Crippen LogP contribution in [0.5, 0.6) is 5.75 Å². The van der Waals surface area contributed by atoms with Gasteiger partial charge in [-0.1, -0.05) is 36.4 Å². The number of carbonyl (C=O) groups excluding carboxylic acids is 1. The Hall–Kier alpha value is -2.09. The molecule has 0 heterocycles. The molecule has 2 heteroatoms. The van der Waals surface area contributed by atoms with Gasteiger partial charge in [0.15, 0.2) is 5.78 Å². The summed E-state index contributed by atoms with van der Waals surface area (Å²) < 4.78 is 5.15. The Labute approximate surface area is 106 Å². The number of rotatable bonds is 3. The van der Waals surface area contributed by atoms with Gasteiger partial charge in [0, 0.05) is 5.56 Å². The molecule has 0 saturated heterocycles. The van der Waals surface area contributed by atoms with Crippen LogP contribution in [0.3, 0.4) is 0 Å². The molecule has 1 atom stereocenters. The van der Waals surface area contributed by atoms with Gasteiger partial charge in [0.2, 0.25) is 0 Å². The zero-order chi connectivity index (χ0) is 12.5. The van der Waals surface area contributed by atoms with Crippen molar-refractivity contribution in [1.29, 1.82) is 0 Å². The first-order valence-electron chi connectivity index (χ1n) is 6.05. The highest BCUT2D eigenvalue weighted by Gasteiger charge is 2.32. The third kappa shape index (κ3) is 1.70. The van der Waals surface area contributed by atoms with Crippen LogP contribution in [0.15, 0.2) is 48.5 Å². The van der Waals surface area contributed by atoms with E-state index in [-0.39, 0.29) is 11.7 Å². The largest absolute Gasteiger partial charge is 0.497 e. The summed E-state index contributed by atoms with van der Waals surface area (Å²) in [7, 11) is 1.61. The molecule has 0 aromatic heterocycles. The van der Waals surface area contributed by atoms with E-state index >= 15 is 0 Å². The molecule has 0 spiro atoms. The van der Waals surface area contributed by atoms with Gasteiger partial charge >= 0.3 is 0 Å². The number of carbonyl (C=O) groups is 1. The lowest BCUT2D eigenvalue weighted by atomic mass is 9.74. The second kappa shape index (κ2) is 4.30. The summed E-state index contributed by atoms with van der Waals surface area (Å²) in [6.45, 7) is 0. The first kappa shape index (κ1) is 11.0. The van der Waals surface area contributed by atoms with Gasteiger partial charge in [-0.25, -0.2) is 0 Å². The minimum absolute atomic E-state index is 0.0216. The van der Waals surface area contributed by atoms with Gasteiger partial charge in [0.25, 0.3) is 0 Å². The fourth-order valence-electron chi connectivity index (χ4n) is 2.47. The highest BCUT2D eigenvalue weighted by molar-refractivity contribution is 6.02. The van der Waals surface area contributed by atoms with Crippen molar-refractivity contribution in [1.82, 2.24) is 0 Å². The average molecular weight is 238 g/mol. The number of ketones is 1. The van der Waals surface area contributed by atoms with Crippen LogP contribution < -0.4 is 4.74 Å². The maximum atomic E-state index is 12.4. The predicted molar refractivity (Wildman–Crippen MR) is 70.2 cm³/mol. The van der Waals surface area contributed by atoms with E-state index in [9.17, 15) is 4.79 Å². The Morgan fingerprint density at radius 1 is 1.17 bits per heavy atom. The lowest BCUT2D eigenvalue weighted by Gasteiger charge is -2.28. The Morgan fingerprint density at radius 3 is 2.78 bits per heavy atom. The van der Waals surface area contributed by atoms with E-state index in [0.29, 0.717) is 0 Å². The van der Waals surface area contributed by atoms with E-state index in [0.717, 1.165) is 17.7 Å². The summed E-state index contributed by atoms with van der Waals surface area (Å²) in [5, 5.41) is 0. The molecule has 0 bridgehead atoms. The third-order valence-corrected chi connectivity index (χ3v) is 3.53. The predicted octanol–water partition coefficient (Wildman–Crippen LogP) is 3.22. The van der Waals surface area contributed by atoms with Crippen LogP contribution in [0.4, 0.5) is 0 Å². The maximum absolute atomic E-state index is 12.4. The van der Waals surface area contributed by atoms with Crippen molar-refractivity contribution >= 4 is 5.78 Å². The van der Waals surface area contributed by atoms with E-state index in [2.05, 4.69) is 6.07 Å². The summed E-state index contributed by atoms with van der Waals surface area (Å²) in [6, 6.07) is 15.5. The molecule has 0 radical (unpaired) electrons. The molecule has 0 fully saturated rings. The van der Waals surface area contributed by atoms with Crippen molar-refractivity contribution in [3.05, 3.63) is 65.2 Å². The molecule has 2 nitrogen and oxygen atoms in total. The van der Waals surface area contributed by atoms with Crippen molar-refractivity contribution in [2.24, 2.45) is 0 Å². The van der Waals surface area contributed by atoms with Gasteiger partial charge in [0.05, 0.1) is 13.0 Å². The molecule has 0 N–H and O–H groups in total. The fraction of sp³-hybridized carbons (Fsp3) is 0.188. The maximum Gasteiger partial charge on any atom is 0.170 e. The Bertz CT molecular complexity index is 602. The molecule has 2 aromatic rings. The van der Waals surface area contributed by atoms with E-state index in [4.69, 9.17) is 4.74 Å². The van der Waals surface area contributed by atoms with Crippen LogP contribution >= 0.6 is 0 Å². The van der Waals surface area contributed by atoms with Crippen LogP contribution in [-0.4, -0.2) is 12.9 Å². The number of Topliss-reactive ketones (excluding diaryl/α,β-unsaturated/α-hetero) is 1. The summed E-state index contributed by atoms with van der Waals surface area (Å²) >= 11 is 0. The van der Waals surface area contributed by atoms with Gasteiger partial charge in [0.1, 0.15) is 5.75 Å². The molecule has 1 aliphatic carbocycles. The molecule has 90 valence electrons. The minimum Gasteiger partial charge on any atom is -0.497 e. The lowest BCUT2D eigenvalue weighted by molar-refractivity contribution is 0.0948. The average Bonchev–Trinajstić information content (AvgIpc) is 2.40. The molecule has 3 rings (SSSR count). The number of ether oxygens (including phenoxy) is 1. The number of fused-ring (bicyclic) bond motifs is 1. The topological polar surface area (TPSA) is 26.3 Å². The van der Waals surface area contributed by atoms with Crippen molar-refractivity contribution < 1.29 is 9.53 Å². The van der Waals surface area contributed by atoms with E-state index in [1.807, 2.05) is 42.5 Å². The molecular weight excluding hydrogens is 224 g/mol. The van der Waals surface area contributed by atoms with Crippen LogP contribution in [0.1, 0.15) is 27.4 Å². The van der Waals surface area contributed by atoms with Gasteiger partial charge in [-0.05, 0) is 29.7 Å². The standard InChI is InChI=1S/C16H14O2/c1-18-13-7-4-6-12(9-13)16(17)15-10-11-5-2-3-8-14(11)15/h2-9,15H,10H2,1H3. The van der Waals surface area contributed by atoms with Crippen molar-refractivity contribution in [2.45, 2.75) is 12.3 Å². The van der Waals surface area contributed by atoms with Crippen LogP contribution in [0.2, 0.25) is 0 Å².